The summed E-state index contributed by atoms with van der Waals surface area (Å²) in [4.78, 5) is 32.0. The maximum absolute atomic E-state index is 13.7. The molecule has 0 N–H and O–H groups in total. The van der Waals surface area contributed by atoms with Crippen molar-refractivity contribution in [1.82, 2.24) is 4.57 Å². The zero-order valence-electron chi connectivity index (χ0n) is 20.2. The van der Waals surface area contributed by atoms with Gasteiger partial charge in [-0.1, -0.05) is 63.1 Å². The van der Waals surface area contributed by atoms with Crippen LogP contribution in [0.15, 0.2) is 90.6 Å². The van der Waals surface area contributed by atoms with Gasteiger partial charge in [0.25, 0.3) is 5.56 Å². The Morgan fingerprint density at radius 2 is 1.95 bits per heavy atom. The lowest BCUT2D eigenvalue weighted by Gasteiger charge is -2.25. The molecule has 188 valence electrons. The molecule has 1 aliphatic heterocycles. The largest absolute Gasteiger partial charge is 0.459 e. The van der Waals surface area contributed by atoms with Crippen LogP contribution in [0, 0.1) is 0 Å². The fourth-order valence-electron chi connectivity index (χ4n) is 4.18. The van der Waals surface area contributed by atoms with Crippen LogP contribution in [0.4, 0.5) is 0 Å². The van der Waals surface area contributed by atoms with E-state index in [0.717, 1.165) is 15.6 Å². The molecular weight excluding hydrogens is 576 g/mol. The fraction of sp³-hybridized carbons (Fsp3) is 0.179. The third kappa shape index (κ3) is 5.14. The molecule has 0 amide bonds. The van der Waals surface area contributed by atoms with E-state index in [1.165, 1.54) is 11.3 Å². The van der Waals surface area contributed by atoms with Crippen LogP contribution in [0.2, 0.25) is 5.02 Å². The van der Waals surface area contributed by atoms with E-state index in [2.05, 4.69) is 20.9 Å². The lowest BCUT2D eigenvalue weighted by molar-refractivity contribution is -0.143. The van der Waals surface area contributed by atoms with Crippen LogP contribution < -0.4 is 14.9 Å². The third-order valence-corrected chi connectivity index (χ3v) is 7.51. The number of allylic oxidation sites excluding steroid dienone is 1. The van der Waals surface area contributed by atoms with Gasteiger partial charge in [0.1, 0.15) is 11.5 Å². The molecule has 1 atom stereocenters. The molecule has 4 aromatic rings. The number of fused-ring (bicyclic) bond motifs is 1. The lowest BCUT2D eigenvalue weighted by Crippen LogP contribution is -2.40. The number of carbonyl (C=O) groups is 1. The summed E-state index contributed by atoms with van der Waals surface area (Å²) in [7, 11) is 0. The van der Waals surface area contributed by atoms with Gasteiger partial charge in [0, 0.05) is 21.1 Å². The van der Waals surface area contributed by atoms with Crippen LogP contribution in [0.5, 0.6) is 0 Å². The summed E-state index contributed by atoms with van der Waals surface area (Å²) < 4.78 is 14.5. The first kappa shape index (κ1) is 25.4. The number of furan rings is 1. The van der Waals surface area contributed by atoms with E-state index in [9.17, 15) is 9.59 Å². The second-order valence-electron chi connectivity index (χ2n) is 8.80. The first-order valence-electron chi connectivity index (χ1n) is 11.6. The molecule has 0 aliphatic carbocycles. The number of halogens is 2. The standard InChI is InChI=1S/C28H22BrClN2O4S/c1-15(2)35-27(34)24-16(3)31-28-32(25(24)17-7-9-20(30)10-8-17)26(33)23(37-28)14-21-11-12-22(36-21)18-5-4-6-19(29)13-18/h4-15,25H,1-3H3/b23-14-/t25-/m0/s1. The minimum atomic E-state index is -0.698. The van der Waals surface area contributed by atoms with Crippen LogP contribution in [0.25, 0.3) is 17.4 Å². The quantitative estimate of drug-likeness (QED) is 0.270. The Bertz CT molecular complexity index is 1710. The van der Waals surface area contributed by atoms with Crippen molar-refractivity contribution >= 4 is 50.9 Å². The van der Waals surface area contributed by atoms with Gasteiger partial charge in [-0.2, -0.15) is 0 Å². The van der Waals surface area contributed by atoms with E-state index in [1.807, 2.05) is 48.5 Å². The van der Waals surface area contributed by atoms with Crippen LogP contribution in [0.1, 0.15) is 38.1 Å². The number of benzene rings is 2. The van der Waals surface area contributed by atoms with Crippen molar-refractivity contribution in [3.63, 3.8) is 0 Å². The monoisotopic (exact) mass is 596 g/mol. The summed E-state index contributed by atoms with van der Waals surface area (Å²) in [5.74, 6) is 0.725. The molecule has 2 aromatic carbocycles. The SMILES string of the molecule is CC1=C(C(=O)OC(C)C)[C@H](c2ccc(Cl)cc2)n2c(s/c(=C\c3ccc(-c4cccc(Br)c4)o3)c2=O)=N1. The van der Waals surface area contributed by atoms with Crippen molar-refractivity contribution in [2.24, 2.45) is 4.99 Å². The van der Waals surface area contributed by atoms with Gasteiger partial charge in [-0.25, -0.2) is 9.79 Å². The number of nitrogens with zero attached hydrogens (tertiary/aromatic N) is 2. The van der Waals surface area contributed by atoms with E-state index >= 15 is 0 Å². The van der Waals surface area contributed by atoms with Crippen LogP contribution in [0.3, 0.4) is 0 Å². The van der Waals surface area contributed by atoms with E-state index in [4.69, 9.17) is 20.8 Å². The average Bonchev–Trinajstić information content (AvgIpc) is 3.43. The van der Waals surface area contributed by atoms with Crippen molar-refractivity contribution < 1.29 is 13.9 Å². The van der Waals surface area contributed by atoms with Gasteiger partial charge in [0.05, 0.1) is 27.9 Å². The van der Waals surface area contributed by atoms with Crippen molar-refractivity contribution in [2.45, 2.75) is 32.9 Å². The van der Waals surface area contributed by atoms with E-state index in [-0.39, 0.29) is 11.7 Å². The molecule has 0 bridgehead atoms. The Hall–Kier alpha value is -3.20. The number of hydrogen-bond donors (Lipinski definition) is 0. The molecule has 3 heterocycles. The topological polar surface area (TPSA) is 73.8 Å². The van der Waals surface area contributed by atoms with E-state index in [1.54, 1.807) is 43.5 Å². The minimum absolute atomic E-state index is 0.272. The average molecular weight is 598 g/mol. The molecule has 0 unspecified atom stereocenters. The van der Waals surface area contributed by atoms with Crippen LogP contribution >= 0.6 is 38.9 Å². The number of thiazole rings is 1. The van der Waals surface area contributed by atoms with Gasteiger partial charge in [-0.05, 0) is 62.7 Å². The molecule has 0 spiro atoms. The smallest absolute Gasteiger partial charge is 0.338 e. The van der Waals surface area contributed by atoms with Crippen molar-refractivity contribution in [3.05, 3.63) is 112 Å². The molecule has 0 saturated heterocycles. The zero-order chi connectivity index (χ0) is 26.3. The number of aromatic nitrogens is 1. The number of esters is 1. The number of hydrogen-bond acceptors (Lipinski definition) is 6. The molecule has 0 radical (unpaired) electrons. The maximum Gasteiger partial charge on any atom is 0.338 e. The zero-order valence-corrected chi connectivity index (χ0v) is 23.4. The highest BCUT2D eigenvalue weighted by molar-refractivity contribution is 9.10. The van der Waals surface area contributed by atoms with Gasteiger partial charge < -0.3 is 9.15 Å². The summed E-state index contributed by atoms with van der Waals surface area (Å²) >= 11 is 10.8. The first-order valence-corrected chi connectivity index (χ1v) is 13.5. The predicted molar refractivity (Wildman–Crippen MR) is 148 cm³/mol. The molecule has 2 aromatic heterocycles. The maximum atomic E-state index is 13.7. The Morgan fingerprint density at radius 1 is 1.19 bits per heavy atom. The highest BCUT2D eigenvalue weighted by Crippen LogP contribution is 2.31. The lowest BCUT2D eigenvalue weighted by atomic mass is 9.96. The Balaban J connectivity index is 1.63. The number of rotatable bonds is 5. The van der Waals surface area contributed by atoms with Crippen molar-refractivity contribution in [2.75, 3.05) is 0 Å². The normalized spacial score (nSPS) is 15.6. The fourth-order valence-corrected chi connectivity index (χ4v) is 5.73. The third-order valence-electron chi connectivity index (χ3n) is 5.78. The molecule has 9 heteroatoms. The summed E-state index contributed by atoms with van der Waals surface area (Å²) in [6.45, 7) is 5.33. The number of carbonyl (C=O) groups excluding carboxylic acids is 1. The highest BCUT2D eigenvalue weighted by atomic mass is 79.9. The van der Waals surface area contributed by atoms with E-state index in [0.29, 0.717) is 37.1 Å². The second kappa shape index (κ2) is 10.3. The van der Waals surface area contributed by atoms with Crippen LogP contribution in [-0.2, 0) is 9.53 Å². The van der Waals surface area contributed by atoms with Gasteiger partial charge >= 0.3 is 5.97 Å². The van der Waals surface area contributed by atoms with Gasteiger partial charge in [0.2, 0.25) is 0 Å². The predicted octanol–water partition coefficient (Wildman–Crippen LogP) is 5.86. The van der Waals surface area contributed by atoms with Gasteiger partial charge in [0.15, 0.2) is 4.80 Å². The van der Waals surface area contributed by atoms with Crippen molar-refractivity contribution in [3.8, 4) is 11.3 Å². The summed E-state index contributed by atoms with van der Waals surface area (Å²) in [6, 6.07) is 17.9. The van der Waals surface area contributed by atoms with Crippen LogP contribution in [-0.4, -0.2) is 16.6 Å². The van der Waals surface area contributed by atoms with Gasteiger partial charge in [-0.3, -0.25) is 9.36 Å². The molecule has 1 aliphatic rings. The second-order valence-corrected chi connectivity index (χ2v) is 11.2. The molecule has 0 fully saturated rings. The Labute approximate surface area is 230 Å². The molecule has 5 rings (SSSR count). The summed E-state index contributed by atoms with van der Waals surface area (Å²) in [5.41, 5.74) is 2.21. The van der Waals surface area contributed by atoms with Gasteiger partial charge in [-0.15, -0.1) is 0 Å². The summed E-state index contributed by atoms with van der Waals surface area (Å²) in [6.07, 6.45) is 1.39. The highest BCUT2D eigenvalue weighted by Gasteiger charge is 2.33. The molecular formula is C28H22BrClN2O4S. The van der Waals surface area contributed by atoms with Crippen molar-refractivity contribution in [1.29, 1.82) is 0 Å². The van der Waals surface area contributed by atoms with E-state index < -0.39 is 12.0 Å². The molecule has 0 saturated carbocycles. The Morgan fingerprint density at radius 3 is 2.65 bits per heavy atom. The number of ether oxygens (including phenoxy) is 1. The first-order chi connectivity index (χ1) is 17.7. The summed E-state index contributed by atoms with van der Waals surface area (Å²) in [5, 5.41) is 0.558. The minimum Gasteiger partial charge on any atom is -0.459 e. The molecule has 6 nitrogen and oxygen atoms in total. The molecule has 37 heavy (non-hydrogen) atoms. The Kier molecular flexibility index (Phi) is 7.07.